The summed E-state index contributed by atoms with van der Waals surface area (Å²) in [5.41, 5.74) is 0. The van der Waals surface area contributed by atoms with Crippen LogP contribution in [0.1, 0.15) is 20.8 Å². The Morgan fingerprint density at radius 3 is 2.25 bits per heavy atom. The van der Waals surface area contributed by atoms with Crippen molar-refractivity contribution < 1.29 is 4.74 Å². The fraction of sp³-hybridized carbons (Fsp3) is 0.667. The Morgan fingerprint density at radius 2 is 2.12 bits per heavy atom. The summed E-state index contributed by atoms with van der Waals surface area (Å²) in [5.74, 6) is 1.00. The number of ether oxygens (including phenoxy) is 1. The lowest BCUT2D eigenvalue weighted by Crippen LogP contribution is -1.83. The summed E-state index contributed by atoms with van der Waals surface area (Å²) in [6.45, 7) is 6.66. The first-order valence-electron chi connectivity index (χ1n) is 2.57. The number of allylic oxidation sites excluding steroid dienone is 2. The van der Waals surface area contributed by atoms with Gasteiger partial charge >= 0.3 is 0 Å². The molecule has 0 heterocycles. The molecule has 0 saturated heterocycles. The lowest BCUT2D eigenvalue weighted by atomic mass is 10.5. The lowest BCUT2D eigenvalue weighted by Gasteiger charge is -1.98. The fourth-order valence-electron chi connectivity index (χ4n) is 0.311. The van der Waals surface area contributed by atoms with Crippen molar-refractivity contribution >= 4 is 11.0 Å². The molecule has 0 aliphatic rings. The van der Waals surface area contributed by atoms with Crippen molar-refractivity contribution in [2.75, 3.05) is 6.61 Å². The van der Waals surface area contributed by atoms with Gasteiger partial charge in [-0.25, -0.2) is 0 Å². The van der Waals surface area contributed by atoms with Crippen molar-refractivity contribution in [2.45, 2.75) is 20.8 Å². The molecule has 1 nitrogen and oxygen atoms in total. The summed E-state index contributed by atoms with van der Waals surface area (Å²) < 4.78 is 5.05. The molecular weight excluding hydrogens is 116 g/mol. The Morgan fingerprint density at radius 1 is 1.62 bits per heavy atom. The van der Waals surface area contributed by atoms with E-state index < -0.39 is 0 Å². The van der Waals surface area contributed by atoms with Crippen LogP contribution in [0, 0.1) is 0 Å². The van der Waals surface area contributed by atoms with Crippen molar-refractivity contribution in [3.05, 3.63) is 11.8 Å². The summed E-state index contributed by atoms with van der Waals surface area (Å²) in [6.07, 6.45) is 1.95. The van der Waals surface area contributed by atoms with Gasteiger partial charge in [0.15, 0.2) is 0 Å². The minimum absolute atomic E-state index is 0. The largest absolute Gasteiger partial charge is 0.499 e. The molecule has 50 valence electrons. The molecule has 0 radical (unpaired) electrons. The molecule has 0 unspecified atom stereocenters. The maximum atomic E-state index is 5.05. The molecule has 0 spiro atoms. The highest BCUT2D eigenvalue weighted by molar-refractivity contribution is 5.75. The third kappa shape index (κ3) is 5.76. The maximum Gasteiger partial charge on any atom is 0.0886 e. The highest BCUT2D eigenvalue weighted by Gasteiger charge is 1.77. The first kappa shape index (κ1) is 10.7. The average Bonchev–Trinajstić information content (AvgIpc) is 1.68. The molecule has 0 fully saturated rings. The molecule has 0 saturated carbocycles. The smallest absolute Gasteiger partial charge is 0.0886 e. The van der Waals surface area contributed by atoms with E-state index in [-0.39, 0.29) is 11.0 Å². The van der Waals surface area contributed by atoms with Crippen LogP contribution in [0.5, 0.6) is 0 Å². The molecule has 0 aliphatic heterocycles. The van der Waals surface area contributed by atoms with E-state index in [0.29, 0.717) is 0 Å². The van der Waals surface area contributed by atoms with Gasteiger partial charge in [-0.3, -0.25) is 0 Å². The molecule has 0 rings (SSSR count). The van der Waals surface area contributed by atoms with Crippen LogP contribution in [-0.4, -0.2) is 17.6 Å². The van der Waals surface area contributed by atoms with Crippen molar-refractivity contribution in [1.29, 1.82) is 0 Å². The van der Waals surface area contributed by atoms with Gasteiger partial charge in [0.1, 0.15) is 0 Å². The monoisotopic (exact) mass is 132 g/mol. The van der Waals surface area contributed by atoms with E-state index in [9.17, 15) is 0 Å². The van der Waals surface area contributed by atoms with E-state index >= 15 is 0 Å². The van der Waals surface area contributed by atoms with Crippen molar-refractivity contribution in [2.24, 2.45) is 0 Å². The van der Waals surface area contributed by atoms with Gasteiger partial charge in [0.25, 0.3) is 0 Å². The van der Waals surface area contributed by atoms with Gasteiger partial charge < -0.3 is 4.74 Å². The topological polar surface area (TPSA) is 9.23 Å². The first-order valence-corrected chi connectivity index (χ1v) is 2.57. The summed E-state index contributed by atoms with van der Waals surface area (Å²) in [4.78, 5) is 0. The quantitative estimate of drug-likeness (QED) is 0.392. The number of hydrogen-bond donors (Lipinski definition) is 0. The van der Waals surface area contributed by atoms with E-state index in [0.717, 1.165) is 12.4 Å². The second-order valence-corrected chi connectivity index (χ2v) is 1.33. The van der Waals surface area contributed by atoms with Crippen molar-refractivity contribution in [3.8, 4) is 0 Å². The second-order valence-electron chi connectivity index (χ2n) is 1.33. The van der Waals surface area contributed by atoms with Crippen LogP contribution in [-0.2, 0) is 4.74 Å². The Bertz CT molecular complexity index is 68.9. The second kappa shape index (κ2) is 6.76. The molecule has 8 heavy (non-hydrogen) atoms. The van der Waals surface area contributed by atoms with Crippen LogP contribution in [0.2, 0.25) is 0 Å². The molecule has 0 aromatic rings. The molecule has 0 N–H and O–H groups in total. The Hall–Kier alpha value is -0.243. The number of hydrogen-bond acceptors (Lipinski definition) is 1. The van der Waals surface area contributed by atoms with Crippen LogP contribution >= 0.6 is 0 Å². The molecule has 2 heteroatoms. The van der Waals surface area contributed by atoms with Crippen molar-refractivity contribution in [1.82, 2.24) is 0 Å². The average molecular weight is 132 g/mol. The summed E-state index contributed by atoms with van der Waals surface area (Å²) in [7, 11) is 0. The van der Waals surface area contributed by atoms with E-state index in [4.69, 9.17) is 4.74 Å². The van der Waals surface area contributed by atoms with E-state index in [1.807, 2.05) is 26.8 Å². The summed E-state index contributed by atoms with van der Waals surface area (Å²) in [6, 6.07) is 0. The van der Waals surface area contributed by atoms with Gasteiger partial charge in [-0.15, -0.1) is 0 Å². The predicted molar refractivity (Wildman–Crippen MR) is 42.4 cm³/mol. The molecule has 0 aliphatic carbocycles. The van der Waals surface area contributed by atoms with Crippen LogP contribution in [0.15, 0.2) is 11.8 Å². The van der Waals surface area contributed by atoms with Gasteiger partial charge in [-0.1, -0.05) is 6.08 Å². The fourth-order valence-corrected chi connectivity index (χ4v) is 0.311. The highest BCUT2D eigenvalue weighted by atomic mass is 28.1. The van der Waals surface area contributed by atoms with E-state index in [1.54, 1.807) is 0 Å². The van der Waals surface area contributed by atoms with Crippen molar-refractivity contribution in [3.63, 3.8) is 0 Å². The van der Waals surface area contributed by atoms with Gasteiger partial charge in [-0.2, -0.15) is 0 Å². The van der Waals surface area contributed by atoms with Crippen LogP contribution in [0.4, 0.5) is 0 Å². The molecule has 0 bridgehead atoms. The molecule has 0 aromatic heterocycles. The normalized spacial score (nSPS) is 10.1. The third-order valence-electron chi connectivity index (χ3n) is 0.779. The molecule has 0 amide bonds. The van der Waals surface area contributed by atoms with E-state index in [2.05, 4.69) is 0 Å². The Kier molecular flexibility index (Phi) is 9.03. The Labute approximate surface area is 55.8 Å². The Balaban J connectivity index is 0. The molecule has 0 atom stereocenters. The highest BCUT2D eigenvalue weighted by Crippen LogP contribution is 1.91. The third-order valence-corrected chi connectivity index (χ3v) is 0.779. The van der Waals surface area contributed by atoms with Gasteiger partial charge in [0.2, 0.25) is 0 Å². The zero-order chi connectivity index (χ0) is 5.70. The minimum atomic E-state index is 0. The van der Waals surface area contributed by atoms with Crippen LogP contribution in [0.3, 0.4) is 0 Å². The lowest BCUT2D eigenvalue weighted by molar-refractivity contribution is 0.231. The van der Waals surface area contributed by atoms with Crippen LogP contribution < -0.4 is 0 Å². The van der Waals surface area contributed by atoms with Gasteiger partial charge in [-0.05, 0) is 31.7 Å². The van der Waals surface area contributed by atoms with Gasteiger partial charge in [0.05, 0.1) is 12.4 Å². The zero-order valence-electron chi connectivity index (χ0n) is 5.19. The van der Waals surface area contributed by atoms with Crippen LogP contribution in [0.25, 0.3) is 0 Å². The maximum absolute atomic E-state index is 5.05. The summed E-state index contributed by atoms with van der Waals surface area (Å²) in [5, 5.41) is 0. The number of rotatable bonds is 2. The molecular formula is C6H16OSi. The first-order chi connectivity index (χ1) is 3.31. The minimum Gasteiger partial charge on any atom is -0.499 e. The molecule has 0 aromatic carbocycles. The zero-order valence-corrected chi connectivity index (χ0v) is 5.19. The standard InChI is InChI=1S/C6H12O.H4Si/c1-4-6(3)7-5-2;/h4H,5H2,1-3H3;1H4. The summed E-state index contributed by atoms with van der Waals surface area (Å²) >= 11 is 0. The van der Waals surface area contributed by atoms with E-state index in [1.165, 1.54) is 0 Å². The van der Waals surface area contributed by atoms with Gasteiger partial charge in [0, 0.05) is 0 Å². The predicted octanol–water partition coefficient (Wildman–Crippen LogP) is 0.495. The SMILES string of the molecule is CC=C(C)OCC.[SiH4].